The van der Waals surface area contributed by atoms with Crippen LogP contribution in [0, 0.1) is 13.8 Å². The monoisotopic (exact) mass is 290 g/mol. The maximum atomic E-state index is 10.5. The first-order chi connectivity index (χ1) is 10.1. The molecule has 1 aromatic carbocycles. The topological polar surface area (TPSA) is 90.1 Å². The highest BCUT2D eigenvalue weighted by Gasteiger charge is 2.09. The summed E-state index contributed by atoms with van der Waals surface area (Å²) >= 11 is 0. The summed E-state index contributed by atoms with van der Waals surface area (Å²) < 4.78 is 7.33. The molecule has 0 aliphatic heterocycles. The van der Waals surface area contributed by atoms with Crippen LogP contribution in [0.15, 0.2) is 18.2 Å². The third-order valence-corrected chi connectivity index (χ3v) is 3.07. The fraction of sp³-hybridized carbons (Fsp3) is 0.429. The second-order valence-corrected chi connectivity index (χ2v) is 4.87. The van der Waals surface area contributed by atoms with Crippen LogP contribution in [0.4, 0.5) is 0 Å². The normalized spacial score (nSPS) is 10.6. The molecule has 2 rings (SSSR count). The number of carboxylic acid groups (broad SMARTS) is 1. The Kier molecular flexibility index (Phi) is 4.86. The minimum Gasteiger partial charge on any atom is -0.485 e. The molecule has 0 spiro atoms. The van der Waals surface area contributed by atoms with Crippen molar-refractivity contribution in [1.29, 1.82) is 0 Å². The van der Waals surface area contributed by atoms with E-state index < -0.39 is 5.97 Å². The standard InChI is InChI=1S/C14H18N4O3/c1-10-5-6-11(2)12(8-10)21-9-13-15-16-17-18(13)7-3-4-14(19)20/h5-6,8H,3-4,7,9H2,1-2H3,(H,19,20). The van der Waals surface area contributed by atoms with E-state index in [-0.39, 0.29) is 13.0 Å². The van der Waals surface area contributed by atoms with E-state index in [1.165, 1.54) is 0 Å². The van der Waals surface area contributed by atoms with Crippen LogP contribution in [-0.2, 0) is 17.9 Å². The molecule has 7 nitrogen and oxygen atoms in total. The van der Waals surface area contributed by atoms with Gasteiger partial charge in [0.15, 0.2) is 5.82 Å². The van der Waals surface area contributed by atoms with E-state index in [1.54, 1.807) is 4.68 Å². The lowest BCUT2D eigenvalue weighted by Crippen LogP contribution is -2.10. The Balaban J connectivity index is 1.96. The molecule has 0 radical (unpaired) electrons. The van der Waals surface area contributed by atoms with Crippen molar-refractivity contribution in [2.24, 2.45) is 0 Å². The predicted molar refractivity (Wildman–Crippen MR) is 74.9 cm³/mol. The summed E-state index contributed by atoms with van der Waals surface area (Å²) in [5, 5.41) is 20.0. The number of aromatic nitrogens is 4. The zero-order valence-corrected chi connectivity index (χ0v) is 12.1. The number of hydrogen-bond acceptors (Lipinski definition) is 5. The summed E-state index contributed by atoms with van der Waals surface area (Å²) in [5.41, 5.74) is 2.17. The van der Waals surface area contributed by atoms with E-state index in [0.717, 1.165) is 16.9 Å². The summed E-state index contributed by atoms with van der Waals surface area (Å²) in [6.45, 7) is 4.70. The van der Waals surface area contributed by atoms with E-state index in [0.29, 0.717) is 18.8 Å². The van der Waals surface area contributed by atoms with Crippen LogP contribution in [0.2, 0.25) is 0 Å². The number of carboxylic acids is 1. The van der Waals surface area contributed by atoms with E-state index in [1.807, 2.05) is 32.0 Å². The highest BCUT2D eigenvalue weighted by molar-refractivity contribution is 5.66. The molecule has 0 unspecified atom stereocenters. The molecule has 2 aromatic rings. The quantitative estimate of drug-likeness (QED) is 0.835. The van der Waals surface area contributed by atoms with Crippen molar-refractivity contribution in [1.82, 2.24) is 20.2 Å². The number of hydrogen-bond donors (Lipinski definition) is 1. The van der Waals surface area contributed by atoms with Gasteiger partial charge >= 0.3 is 5.97 Å². The van der Waals surface area contributed by atoms with Crippen LogP contribution < -0.4 is 4.74 Å². The van der Waals surface area contributed by atoms with Crippen LogP contribution in [0.5, 0.6) is 5.75 Å². The molecule has 1 aromatic heterocycles. The number of rotatable bonds is 7. The highest BCUT2D eigenvalue weighted by atomic mass is 16.5. The van der Waals surface area contributed by atoms with Gasteiger partial charge in [0.1, 0.15) is 12.4 Å². The molecule has 0 fully saturated rings. The van der Waals surface area contributed by atoms with Gasteiger partial charge in [0.05, 0.1) is 0 Å². The Morgan fingerprint density at radius 2 is 2.19 bits per heavy atom. The summed E-state index contributed by atoms with van der Waals surface area (Å²) in [4.78, 5) is 10.5. The summed E-state index contributed by atoms with van der Waals surface area (Å²) in [6, 6.07) is 5.99. The Bertz CT molecular complexity index is 624. The molecule has 0 saturated heterocycles. The fourth-order valence-electron chi connectivity index (χ4n) is 1.89. The minimum atomic E-state index is -0.823. The van der Waals surface area contributed by atoms with Crippen LogP contribution in [0.1, 0.15) is 29.8 Å². The number of ether oxygens (including phenoxy) is 1. The average Bonchev–Trinajstić information content (AvgIpc) is 2.87. The summed E-state index contributed by atoms with van der Waals surface area (Å²) in [5.74, 6) is 0.563. The van der Waals surface area contributed by atoms with Gasteiger partial charge in [0.2, 0.25) is 0 Å². The van der Waals surface area contributed by atoms with Gasteiger partial charge in [-0.15, -0.1) is 5.10 Å². The zero-order valence-electron chi connectivity index (χ0n) is 12.1. The van der Waals surface area contributed by atoms with E-state index in [4.69, 9.17) is 9.84 Å². The van der Waals surface area contributed by atoms with Gasteiger partial charge in [-0.1, -0.05) is 12.1 Å². The molecule has 0 atom stereocenters. The van der Waals surface area contributed by atoms with Crippen molar-refractivity contribution in [3.05, 3.63) is 35.2 Å². The van der Waals surface area contributed by atoms with Crippen LogP contribution in [-0.4, -0.2) is 31.3 Å². The van der Waals surface area contributed by atoms with Crippen molar-refractivity contribution < 1.29 is 14.6 Å². The number of aryl methyl sites for hydroxylation is 3. The van der Waals surface area contributed by atoms with E-state index in [2.05, 4.69) is 15.5 Å². The number of benzene rings is 1. The van der Waals surface area contributed by atoms with Gasteiger partial charge in [-0.05, 0) is 47.9 Å². The lowest BCUT2D eigenvalue weighted by molar-refractivity contribution is -0.137. The molecule has 0 saturated carbocycles. The fourth-order valence-corrected chi connectivity index (χ4v) is 1.89. The first-order valence-corrected chi connectivity index (χ1v) is 6.73. The van der Waals surface area contributed by atoms with Crippen LogP contribution >= 0.6 is 0 Å². The molecular weight excluding hydrogens is 272 g/mol. The molecule has 0 amide bonds. The van der Waals surface area contributed by atoms with Crippen molar-refractivity contribution in [2.75, 3.05) is 0 Å². The third kappa shape index (κ3) is 4.27. The summed E-state index contributed by atoms with van der Waals surface area (Å²) in [7, 11) is 0. The van der Waals surface area contributed by atoms with Crippen molar-refractivity contribution >= 4 is 5.97 Å². The molecular formula is C14H18N4O3. The van der Waals surface area contributed by atoms with E-state index >= 15 is 0 Å². The predicted octanol–water partition coefficient (Wildman–Crippen LogP) is 1.73. The highest BCUT2D eigenvalue weighted by Crippen LogP contribution is 2.20. The van der Waals surface area contributed by atoms with Crippen LogP contribution in [0.3, 0.4) is 0 Å². The van der Waals surface area contributed by atoms with Crippen LogP contribution in [0.25, 0.3) is 0 Å². The Labute approximate surface area is 122 Å². The van der Waals surface area contributed by atoms with Crippen molar-refractivity contribution in [3.8, 4) is 5.75 Å². The number of aliphatic carboxylic acids is 1. The molecule has 112 valence electrons. The Morgan fingerprint density at radius 1 is 1.38 bits per heavy atom. The second-order valence-electron chi connectivity index (χ2n) is 4.87. The summed E-state index contributed by atoms with van der Waals surface area (Å²) in [6.07, 6.45) is 0.577. The molecule has 1 heterocycles. The Hall–Kier alpha value is -2.44. The SMILES string of the molecule is Cc1ccc(C)c(OCc2nnnn2CCCC(=O)O)c1. The largest absolute Gasteiger partial charge is 0.485 e. The molecule has 0 aliphatic carbocycles. The van der Waals surface area contributed by atoms with Gasteiger partial charge in [-0.3, -0.25) is 4.79 Å². The first-order valence-electron chi connectivity index (χ1n) is 6.73. The molecule has 1 N–H and O–H groups in total. The molecule has 7 heteroatoms. The average molecular weight is 290 g/mol. The van der Waals surface area contributed by atoms with E-state index in [9.17, 15) is 4.79 Å². The number of nitrogens with zero attached hydrogens (tertiary/aromatic N) is 4. The number of tetrazole rings is 1. The second kappa shape index (κ2) is 6.83. The lowest BCUT2D eigenvalue weighted by atomic mass is 10.1. The van der Waals surface area contributed by atoms with Gasteiger partial charge < -0.3 is 9.84 Å². The third-order valence-electron chi connectivity index (χ3n) is 3.07. The minimum absolute atomic E-state index is 0.0944. The first kappa shape index (κ1) is 15.0. The smallest absolute Gasteiger partial charge is 0.303 e. The zero-order chi connectivity index (χ0) is 15.2. The lowest BCUT2D eigenvalue weighted by Gasteiger charge is -2.09. The number of carbonyl (C=O) groups is 1. The van der Waals surface area contributed by atoms with Gasteiger partial charge in [-0.2, -0.15) is 0 Å². The Morgan fingerprint density at radius 3 is 2.95 bits per heavy atom. The molecule has 0 bridgehead atoms. The van der Waals surface area contributed by atoms with Gasteiger partial charge in [0.25, 0.3) is 0 Å². The molecule has 0 aliphatic rings. The molecule has 21 heavy (non-hydrogen) atoms. The van der Waals surface area contributed by atoms with Gasteiger partial charge in [0, 0.05) is 13.0 Å². The van der Waals surface area contributed by atoms with Gasteiger partial charge in [-0.25, -0.2) is 4.68 Å². The van der Waals surface area contributed by atoms with Crippen molar-refractivity contribution in [3.63, 3.8) is 0 Å². The van der Waals surface area contributed by atoms with Crippen molar-refractivity contribution in [2.45, 2.75) is 39.8 Å². The maximum absolute atomic E-state index is 10.5. The maximum Gasteiger partial charge on any atom is 0.303 e.